The Morgan fingerprint density at radius 2 is 2.15 bits per heavy atom. The Bertz CT molecular complexity index is 599. The van der Waals surface area contributed by atoms with Gasteiger partial charge in [0, 0.05) is 29.7 Å². The van der Waals surface area contributed by atoms with Crippen LogP contribution in [0.2, 0.25) is 0 Å². The Labute approximate surface area is 119 Å². The van der Waals surface area contributed by atoms with Gasteiger partial charge in [0.25, 0.3) is 0 Å². The Hall–Kier alpha value is -1.81. The van der Waals surface area contributed by atoms with Gasteiger partial charge in [-0.15, -0.1) is 0 Å². The summed E-state index contributed by atoms with van der Waals surface area (Å²) in [5.41, 5.74) is 8.21. The van der Waals surface area contributed by atoms with Gasteiger partial charge < -0.3 is 15.7 Å². The maximum absolute atomic E-state index is 9.66. The largest absolute Gasteiger partial charge is 0.397 e. The molecule has 1 fully saturated rings. The fourth-order valence-electron chi connectivity index (χ4n) is 3.12. The average molecular weight is 271 g/mol. The number of nitrogens with two attached hydrogens (primary N) is 1. The van der Waals surface area contributed by atoms with Gasteiger partial charge in [0.05, 0.1) is 24.0 Å². The van der Waals surface area contributed by atoms with Crippen molar-refractivity contribution in [2.24, 2.45) is 0 Å². The van der Waals surface area contributed by atoms with E-state index in [-0.39, 0.29) is 12.6 Å². The van der Waals surface area contributed by atoms with E-state index in [2.05, 4.69) is 22.0 Å². The number of hydrogen-bond acceptors (Lipinski definition) is 4. The fourth-order valence-corrected chi connectivity index (χ4v) is 3.12. The second kappa shape index (κ2) is 5.67. The number of benzene rings is 1. The molecule has 0 saturated carbocycles. The highest BCUT2D eigenvalue weighted by Gasteiger charge is 2.22. The zero-order chi connectivity index (χ0) is 13.9. The molecule has 1 aromatic carbocycles. The first-order valence-electron chi connectivity index (χ1n) is 7.31. The molecule has 1 aliphatic rings. The van der Waals surface area contributed by atoms with Crippen molar-refractivity contribution >= 4 is 22.1 Å². The number of anilines is 2. The number of nitrogen functional groups attached to an aromatic ring is 1. The van der Waals surface area contributed by atoms with Crippen molar-refractivity contribution < 1.29 is 5.11 Å². The van der Waals surface area contributed by atoms with E-state index in [1.807, 2.05) is 12.3 Å². The van der Waals surface area contributed by atoms with Gasteiger partial charge in [-0.25, -0.2) is 0 Å². The number of nitrogens with zero attached hydrogens (tertiary/aromatic N) is 2. The zero-order valence-electron chi connectivity index (χ0n) is 11.6. The number of pyridine rings is 1. The number of aliphatic hydroxyl groups excluding tert-OH is 1. The third-order valence-corrected chi connectivity index (χ3v) is 4.24. The van der Waals surface area contributed by atoms with E-state index in [0.717, 1.165) is 41.5 Å². The van der Waals surface area contributed by atoms with Crippen LogP contribution in [-0.2, 0) is 0 Å². The second-order valence-corrected chi connectivity index (χ2v) is 5.47. The van der Waals surface area contributed by atoms with Crippen molar-refractivity contribution in [3.8, 4) is 0 Å². The summed E-state index contributed by atoms with van der Waals surface area (Å²) in [6.45, 7) is 1.15. The van der Waals surface area contributed by atoms with Gasteiger partial charge in [-0.3, -0.25) is 4.98 Å². The maximum Gasteiger partial charge on any atom is 0.0635 e. The normalized spacial score (nSPS) is 20.1. The minimum absolute atomic E-state index is 0.180. The molecule has 2 aromatic rings. The number of aromatic nitrogens is 1. The highest BCUT2D eigenvalue weighted by atomic mass is 16.3. The van der Waals surface area contributed by atoms with Gasteiger partial charge in [-0.05, 0) is 25.0 Å². The van der Waals surface area contributed by atoms with Crippen molar-refractivity contribution in [1.82, 2.24) is 4.98 Å². The summed E-state index contributed by atoms with van der Waals surface area (Å²) in [4.78, 5) is 6.41. The molecular weight excluding hydrogens is 250 g/mol. The molecule has 1 unspecified atom stereocenters. The van der Waals surface area contributed by atoms with Crippen LogP contribution in [0.25, 0.3) is 10.8 Å². The summed E-state index contributed by atoms with van der Waals surface area (Å²) in [7, 11) is 0. The molecule has 20 heavy (non-hydrogen) atoms. The summed E-state index contributed by atoms with van der Waals surface area (Å²) in [6, 6.07) is 6.26. The highest BCUT2D eigenvalue weighted by molar-refractivity contribution is 5.98. The molecule has 2 heterocycles. The van der Waals surface area contributed by atoms with Crippen LogP contribution in [0.4, 0.5) is 11.4 Å². The van der Waals surface area contributed by atoms with E-state index in [4.69, 9.17) is 5.73 Å². The molecule has 0 bridgehead atoms. The maximum atomic E-state index is 9.66. The lowest BCUT2D eigenvalue weighted by molar-refractivity contribution is 0.255. The van der Waals surface area contributed by atoms with Crippen molar-refractivity contribution in [3.63, 3.8) is 0 Å². The average Bonchev–Trinajstić information content (AvgIpc) is 2.73. The quantitative estimate of drug-likeness (QED) is 0.824. The van der Waals surface area contributed by atoms with Gasteiger partial charge in [-0.1, -0.05) is 18.9 Å². The van der Waals surface area contributed by atoms with Crippen molar-refractivity contribution in [2.75, 3.05) is 23.8 Å². The monoisotopic (exact) mass is 271 g/mol. The van der Waals surface area contributed by atoms with Crippen LogP contribution in [0.5, 0.6) is 0 Å². The molecule has 1 atom stereocenters. The van der Waals surface area contributed by atoms with E-state index in [0.29, 0.717) is 0 Å². The summed E-state index contributed by atoms with van der Waals surface area (Å²) in [6.07, 6.45) is 8.20. The predicted molar refractivity (Wildman–Crippen MR) is 82.8 cm³/mol. The van der Waals surface area contributed by atoms with Crippen LogP contribution < -0.4 is 10.6 Å². The molecule has 3 N–H and O–H groups in total. The van der Waals surface area contributed by atoms with Gasteiger partial charge >= 0.3 is 0 Å². The molecule has 1 aromatic heterocycles. The van der Waals surface area contributed by atoms with Crippen LogP contribution in [-0.4, -0.2) is 29.3 Å². The molecular formula is C16H21N3O. The minimum atomic E-state index is 0.180. The summed E-state index contributed by atoms with van der Waals surface area (Å²) in [5, 5.41) is 11.8. The molecule has 3 rings (SSSR count). The third kappa shape index (κ3) is 2.31. The van der Waals surface area contributed by atoms with E-state index in [9.17, 15) is 5.11 Å². The van der Waals surface area contributed by atoms with Crippen LogP contribution >= 0.6 is 0 Å². The lowest BCUT2D eigenvalue weighted by Gasteiger charge is -2.32. The summed E-state index contributed by atoms with van der Waals surface area (Å²) < 4.78 is 0. The van der Waals surface area contributed by atoms with Gasteiger partial charge in [0.1, 0.15) is 0 Å². The van der Waals surface area contributed by atoms with Crippen molar-refractivity contribution in [3.05, 3.63) is 30.6 Å². The Kier molecular flexibility index (Phi) is 3.74. The van der Waals surface area contributed by atoms with E-state index in [1.54, 1.807) is 6.20 Å². The Morgan fingerprint density at radius 1 is 1.25 bits per heavy atom. The lowest BCUT2D eigenvalue weighted by Crippen LogP contribution is -2.38. The topological polar surface area (TPSA) is 62.4 Å². The van der Waals surface area contributed by atoms with Crippen LogP contribution in [0.15, 0.2) is 30.6 Å². The number of rotatable bonds is 2. The number of hydrogen-bond donors (Lipinski definition) is 2. The molecule has 0 amide bonds. The smallest absolute Gasteiger partial charge is 0.0635 e. The molecule has 0 spiro atoms. The first-order chi connectivity index (χ1) is 9.81. The van der Waals surface area contributed by atoms with E-state index in [1.165, 1.54) is 12.8 Å². The standard InChI is InChI=1S/C16H21N3O/c17-16-14-7-8-18-10-12(14)5-6-15(16)19-9-3-1-2-4-13(19)11-20/h5-8,10,13,20H,1-4,9,11,17H2. The molecule has 1 aliphatic heterocycles. The third-order valence-electron chi connectivity index (χ3n) is 4.24. The molecule has 4 nitrogen and oxygen atoms in total. The number of aliphatic hydroxyl groups is 1. The first-order valence-corrected chi connectivity index (χ1v) is 7.31. The van der Waals surface area contributed by atoms with Crippen molar-refractivity contribution in [2.45, 2.75) is 31.7 Å². The van der Waals surface area contributed by atoms with Crippen molar-refractivity contribution in [1.29, 1.82) is 0 Å². The van der Waals surface area contributed by atoms with Gasteiger partial charge in [0.15, 0.2) is 0 Å². The first kappa shape index (κ1) is 13.2. The lowest BCUT2D eigenvalue weighted by atomic mass is 10.1. The number of fused-ring (bicyclic) bond motifs is 1. The Morgan fingerprint density at radius 3 is 3.00 bits per heavy atom. The van der Waals surface area contributed by atoms with Gasteiger partial charge in [0.2, 0.25) is 0 Å². The SMILES string of the molecule is Nc1c(N2CCCCCC2CO)ccc2cnccc12. The minimum Gasteiger partial charge on any atom is -0.397 e. The van der Waals surface area contributed by atoms with E-state index < -0.39 is 0 Å². The molecule has 106 valence electrons. The van der Waals surface area contributed by atoms with E-state index >= 15 is 0 Å². The fraction of sp³-hybridized carbons (Fsp3) is 0.438. The summed E-state index contributed by atoms with van der Waals surface area (Å²) in [5.74, 6) is 0. The molecule has 1 saturated heterocycles. The zero-order valence-corrected chi connectivity index (χ0v) is 11.6. The molecule has 4 heteroatoms. The van der Waals surface area contributed by atoms with Crippen LogP contribution in [0, 0.1) is 0 Å². The summed E-state index contributed by atoms with van der Waals surface area (Å²) >= 11 is 0. The molecule has 0 radical (unpaired) electrons. The Balaban J connectivity index is 2.05. The van der Waals surface area contributed by atoms with Crippen LogP contribution in [0.1, 0.15) is 25.7 Å². The highest BCUT2D eigenvalue weighted by Crippen LogP contribution is 2.34. The van der Waals surface area contributed by atoms with Gasteiger partial charge in [-0.2, -0.15) is 0 Å². The predicted octanol–water partition coefficient (Wildman–Crippen LogP) is 2.56. The van der Waals surface area contributed by atoms with Crippen LogP contribution in [0.3, 0.4) is 0 Å². The molecule has 0 aliphatic carbocycles. The second-order valence-electron chi connectivity index (χ2n) is 5.47.